The largest absolute Gasteiger partial charge is 0.398 e. The summed E-state index contributed by atoms with van der Waals surface area (Å²) in [5.41, 5.74) is 7.04. The fraction of sp³-hybridized carbons (Fsp3) is 0.250. The van der Waals surface area contributed by atoms with Crippen molar-refractivity contribution in [3.8, 4) is 0 Å². The van der Waals surface area contributed by atoms with Crippen molar-refractivity contribution in [2.45, 2.75) is 6.42 Å². The lowest BCUT2D eigenvalue weighted by atomic mass is 10.1. The minimum absolute atomic E-state index is 0.102. The van der Waals surface area contributed by atoms with Crippen LogP contribution in [0.1, 0.15) is 5.56 Å². The van der Waals surface area contributed by atoms with E-state index < -0.39 is 10.4 Å². The Morgan fingerprint density at radius 3 is 2.67 bits per heavy atom. The third-order valence-corrected chi connectivity index (χ3v) is 2.84. The predicted molar refractivity (Wildman–Crippen MR) is 59.8 cm³/mol. The zero-order valence-electron chi connectivity index (χ0n) is 7.68. The van der Waals surface area contributed by atoms with Crippen molar-refractivity contribution in [1.29, 1.82) is 0 Å². The van der Waals surface area contributed by atoms with Gasteiger partial charge in [-0.15, -0.1) is 0 Å². The molecule has 0 fully saturated rings. The molecule has 0 heterocycles. The Balaban J connectivity index is 2.55. The number of rotatable bonds is 4. The average Bonchev–Trinajstić information content (AvgIpc) is 2.09. The van der Waals surface area contributed by atoms with Crippen molar-refractivity contribution in [2.24, 2.45) is 0 Å². The van der Waals surface area contributed by atoms with Crippen LogP contribution in [0.25, 0.3) is 0 Å². The molecule has 0 aliphatic rings. The van der Waals surface area contributed by atoms with E-state index in [-0.39, 0.29) is 6.61 Å². The molecule has 0 saturated carbocycles. The topological polar surface area (TPSA) is 89.6 Å². The fourth-order valence-electron chi connectivity index (χ4n) is 0.991. The van der Waals surface area contributed by atoms with Crippen molar-refractivity contribution in [3.63, 3.8) is 0 Å². The van der Waals surface area contributed by atoms with Gasteiger partial charge in [0.1, 0.15) is 0 Å². The van der Waals surface area contributed by atoms with Gasteiger partial charge in [0, 0.05) is 10.2 Å². The number of anilines is 1. The van der Waals surface area contributed by atoms with E-state index in [0.717, 1.165) is 10.0 Å². The maximum Gasteiger partial charge on any atom is 0.397 e. The van der Waals surface area contributed by atoms with Gasteiger partial charge in [0.25, 0.3) is 0 Å². The molecule has 84 valence electrons. The lowest BCUT2D eigenvalue weighted by molar-refractivity contribution is 0.272. The van der Waals surface area contributed by atoms with Gasteiger partial charge in [0.05, 0.1) is 6.61 Å². The Hall–Kier alpha value is -0.630. The first-order valence-electron chi connectivity index (χ1n) is 4.04. The van der Waals surface area contributed by atoms with Gasteiger partial charge in [-0.1, -0.05) is 6.07 Å². The van der Waals surface area contributed by atoms with Crippen LogP contribution in [0.3, 0.4) is 0 Å². The molecule has 0 aliphatic heterocycles. The summed E-state index contributed by atoms with van der Waals surface area (Å²) in [5, 5.41) is 0. The molecule has 0 radical (unpaired) electrons. The summed E-state index contributed by atoms with van der Waals surface area (Å²) in [6.45, 7) is -0.102. The Morgan fingerprint density at radius 2 is 2.13 bits per heavy atom. The molecule has 1 aromatic carbocycles. The number of hydrogen-bond donors (Lipinski definition) is 2. The first-order chi connectivity index (χ1) is 6.88. The Morgan fingerprint density at radius 1 is 1.47 bits per heavy atom. The van der Waals surface area contributed by atoms with Gasteiger partial charge in [-0.05, 0) is 40.0 Å². The van der Waals surface area contributed by atoms with Gasteiger partial charge >= 0.3 is 10.4 Å². The summed E-state index contributed by atoms with van der Waals surface area (Å²) in [4.78, 5) is 0. The van der Waals surface area contributed by atoms with Crippen LogP contribution in [0, 0.1) is 0 Å². The van der Waals surface area contributed by atoms with Crippen molar-refractivity contribution < 1.29 is 17.2 Å². The molecule has 0 amide bonds. The number of halogens is 1. The Bertz CT molecular complexity index is 446. The van der Waals surface area contributed by atoms with Crippen LogP contribution in [0.5, 0.6) is 0 Å². The lowest BCUT2D eigenvalue weighted by Gasteiger charge is -2.03. The van der Waals surface area contributed by atoms with E-state index in [2.05, 4.69) is 20.1 Å². The predicted octanol–water partition coefficient (Wildman–Crippen LogP) is 1.39. The zero-order chi connectivity index (χ0) is 11.5. The first-order valence-corrected chi connectivity index (χ1v) is 6.20. The molecule has 5 nitrogen and oxygen atoms in total. The second-order valence-corrected chi connectivity index (χ2v) is 4.80. The molecule has 0 aliphatic carbocycles. The van der Waals surface area contributed by atoms with Crippen molar-refractivity contribution in [2.75, 3.05) is 12.3 Å². The van der Waals surface area contributed by atoms with Crippen molar-refractivity contribution in [1.82, 2.24) is 0 Å². The second kappa shape index (κ2) is 4.93. The third-order valence-electron chi connectivity index (χ3n) is 1.69. The van der Waals surface area contributed by atoms with Crippen LogP contribution in [-0.4, -0.2) is 19.6 Å². The summed E-state index contributed by atoms with van der Waals surface area (Å²) in [6, 6.07) is 5.23. The van der Waals surface area contributed by atoms with Crippen molar-refractivity contribution >= 4 is 32.0 Å². The van der Waals surface area contributed by atoms with Gasteiger partial charge in [0.2, 0.25) is 0 Å². The van der Waals surface area contributed by atoms with Crippen LogP contribution in [0.2, 0.25) is 0 Å². The lowest BCUT2D eigenvalue weighted by Crippen LogP contribution is -2.06. The highest BCUT2D eigenvalue weighted by atomic mass is 79.9. The molecule has 0 spiro atoms. The highest BCUT2D eigenvalue weighted by molar-refractivity contribution is 9.10. The average molecular weight is 296 g/mol. The second-order valence-electron chi connectivity index (χ2n) is 2.86. The summed E-state index contributed by atoms with van der Waals surface area (Å²) >= 11 is 3.24. The number of nitrogen functional groups attached to an aromatic ring is 1. The van der Waals surface area contributed by atoms with Crippen LogP contribution in [-0.2, 0) is 21.0 Å². The molecule has 1 rings (SSSR count). The van der Waals surface area contributed by atoms with E-state index >= 15 is 0 Å². The molecule has 3 N–H and O–H groups in total. The molecular formula is C8H10BrNO4S. The van der Waals surface area contributed by atoms with E-state index in [9.17, 15) is 8.42 Å². The molecule has 7 heteroatoms. The van der Waals surface area contributed by atoms with Gasteiger partial charge in [-0.25, -0.2) is 4.18 Å². The minimum Gasteiger partial charge on any atom is -0.398 e. The van der Waals surface area contributed by atoms with Crippen LogP contribution >= 0.6 is 15.9 Å². The Kier molecular flexibility index (Phi) is 4.09. The monoisotopic (exact) mass is 295 g/mol. The zero-order valence-corrected chi connectivity index (χ0v) is 10.1. The summed E-state index contributed by atoms with van der Waals surface area (Å²) in [6.07, 6.45) is 0.374. The number of hydrogen-bond acceptors (Lipinski definition) is 4. The number of nitrogens with two attached hydrogens (primary N) is 1. The summed E-state index contributed by atoms with van der Waals surface area (Å²) in [7, 11) is -4.35. The molecule has 0 atom stereocenters. The molecule has 0 bridgehead atoms. The third kappa shape index (κ3) is 4.61. The van der Waals surface area contributed by atoms with Gasteiger partial charge in [-0.2, -0.15) is 8.42 Å². The highest BCUT2D eigenvalue weighted by Crippen LogP contribution is 2.20. The molecule has 0 unspecified atom stereocenters. The van der Waals surface area contributed by atoms with E-state index in [1.807, 2.05) is 0 Å². The fourth-order valence-corrected chi connectivity index (χ4v) is 1.71. The summed E-state index contributed by atoms with van der Waals surface area (Å²) < 4.78 is 33.7. The normalized spacial score (nSPS) is 11.6. The maximum absolute atomic E-state index is 10.2. The molecular weight excluding hydrogens is 286 g/mol. The highest BCUT2D eigenvalue weighted by Gasteiger charge is 2.04. The SMILES string of the molecule is Nc1ccc(CCOS(=O)(=O)O)cc1Br. The quantitative estimate of drug-likeness (QED) is 0.647. The molecule has 0 saturated heterocycles. The van der Waals surface area contributed by atoms with E-state index in [1.54, 1.807) is 18.2 Å². The minimum atomic E-state index is -4.35. The standard InChI is InChI=1S/C8H10BrNO4S/c9-7-5-6(1-2-8(7)10)3-4-14-15(11,12)13/h1-2,5H,3-4,10H2,(H,11,12,13). The van der Waals surface area contributed by atoms with Gasteiger partial charge in [0.15, 0.2) is 0 Å². The molecule has 0 aromatic heterocycles. The van der Waals surface area contributed by atoms with E-state index in [0.29, 0.717) is 12.1 Å². The van der Waals surface area contributed by atoms with Crippen LogP contribution in [0.4, 0.5) is 5.69 Å². The molecule has 15 heavy (non-hydrogen) atoms. The Labute approximate surface area is 96.3 Å². The first kappa shape index (κ1) is 12.4. The van der Waals surface area contributed by atoms with E-state index in [1.165, 1.54) is 0 Å². The van der Waals surface area contributed by atoms with Gasteiger partial charge < -0.3 is 5.73 Å². The van der Waals surface area contributed by atoms with Gasteiger partial charge in [-0.3, -0.25) is 4.55 Å². The van der Waals surface area contributed by atoms with E-state index in [4.69, 9.17) is 10.3 Å². The van der Waals surface area contributed by atoms with Crippen LogP contribution in [0.15, 0.2) is 22.7 Å². The van der Waals surface area contributed by atoms with Crippen LogP contribution < -0.4 is 5.73 Å². The molecule has 1 aromatic rings. The smallest absolute Gasteiger partial charge is 0.397 e. The number of benzene rings is 1. The maximum atomic E-state index is 10.2. The van der Waals surface area contributed by atoms with Crippen molar-refractivity contribution in [3.05, 3.63) is 28.2 Å². The summed E-state index contributed by atoms with van der Waals surface area (Å²) in [5.74, 6) is 0.